The number of nitrogens with zero attached hydrogens (tertiary/aromatic N) is 1. The third kappa shape index (κ3) is 2.99. The van der Waals surface area contributed by atoms with Crippen LogP contribution in [0.15, 0.2) is 53.5 Å². The van der Waals surface area contributed by atoms with Crippen molar-refractivity contribution in [2.45, 2.75) is 32.2 Å². The molecule has 2 aromatic carbocycles. The Hall–Kier alpha value is -2.09. The molecule has 2 heteroatoms. The van der Waals surface area contributed by atoms with Gasteiger partial charge in [0.25, 0.3) is 0 Å². The van der Waals surface area contributed by atoms with Crippen molar-refractivity contribution in [3.8, 4) is 5.75 Å². The molecule has 108 valence electrons. The lowest BCUT2D eigenvalue weighted by Crippen LogP contribution is -2.12. The van der Waals surface area contributed by atoms with Crippen molar-refractivity contribution in [1.29, 1.82) is 0 Å². The maximum atomic E-state index is 5.23. The number of benzene rings is 2. The summed E-state index contributed by atoms with van der Waals surface area (Å²) in [6.07, 6.45) is 3.41. The van der Waals surface area contributed by atoms with E-state index in [-0.39, 0.29) is 6.04 Å². The monoisotopic (exact) mass is 279 g/mol. The molecule has 1 unspecified atom stereocenters. The van der Waals surface area contributed by atoms with Crippen LogP contribution in [-0.2, 0) is 0 Å². The molecule has 3 rings (SSSR count). The molecule has 2 nitrogen and oxygen atoms in total. The van der Waals surface area contributed by atoms with Crippen molar-refractivity contribution in [2.75, 3.05) is 7.11 Å². The molecule has 0 spiro atoms. The molecule has 0 aromatic heterocycles. The lowest BCUT2D eigenvalue weighted by atomic mass is 9.92. The highest BCUT2D eigenvalue weighted by molar-refractivity contribution is 6.02. The van der Waals surface area contributed by atoms with Crippen LogP contribution in [0.4, 0.5) is 0 Å². The first kappa shape index (κ1) is 13.9. The highest BCUT2D eigenvalue weighted by Gasteiger charge is 2.18. The Morgan fingerprint density at radius 3 is 2.52 bits per heavy atom. The Morgan fingerprint density at radius 2 is 1.81 bits per heavy atom. The third-order valence-electron chi connectivity index (χ3n) is 4.16. The summed E-state index contributed by atoms with van der Waals surface area (Å²) in [6, 6.07) is 17.1. The van der Waals surface area contributed by atoms with Crippen LogP contribution in [0.2, 0.25) is 0 Å². The standard InChI is InChI=1S/C19H21NO/c1-14-6-3-4-7-17(14)19-9-5-8-18(20-19)15-10-12-16(21-2)13-11-15/h3-4,6-7,10-13,18H,5,8-9H2,1-2H3. The lowest BCUT2D eigenvalue weighted by molar-refractivity contribution is 0.414. The molecule has 0 aliphatic carbocycles. The van der Waals surface area contributed by atoms with Gasteiger partial charge in [-0.3, -0.25) is 4.99 Å². The van der Waals surface area contributed by atoms with E-state index in [0.717, 1.165) is 18.6 Å². The fourth-order valence-corrected chi connectivity index (χ4v) is 2.95. The molecule has 1 aliphatic heterocycles. The summed E-state index contributed by atoms with van der Waals surface area (Å²) in [4.78, 5) is 5.01. The molecule has 21 heavy (non-hydrogen) atoms. The van der Waals surface area contributed by atoms with Gasteiger partial charge in [-0.05, 0) is 55.0 Å². The van der Waals surface area contributed by atoms with Gasteiger partial charge >= 0.3 is 0 Å². The Morgan fingerprint density at radius 1 is 1.05 bits per heavy atom. The van der Waals surface area contributed by atoms with Gasteiger partial charge in [0.2, 0.25) is 0 Å². The van der Waals surface area contributed by atoms with Crippen molar-refractivity contribution >= 4 is 5.71 Å². The predicted molar refractivity (Wildman–Crippen MR) is 87.3 cm³/mol. The highest BCUT2D eigenvalue weighted by Crippen LogP contribution is 2.31. The lowest BCUT2D eigenvalue weighted by Gasteiger charge is -2.22. The van der Waals surface area contributed by atoms with Gasteiger partial charge in [0.05, 0.1) is 13.2 Å². The maximum Gasteiger partial charge on any atom is 0.118 e. The maximum absolute atomic E-state index is 5.23. The Labute approximate surface area is 126 Å². The molecule has 0 bridgehead atoms. The van der Waals surface area contributed by atoms with E-state index in [1.165, 1.54) is 28.8 Å². The van der Waals surface area contributed by atoms with Crippen molar-refractivity contribution in [2.24, 2.45) is 4.99 Å². The highest BCUT2D eigenvalue weighted by atomic mass is 16.5. The topological polar surface area (TPSA) is 21.6 Å². The van der Waals surface area contributed by atoms with Crippen LogP contribution in [0.1, 0.15) is 42.0 Å². The smallest absolute Gasteiger partial charge is 0.118 e. The van der Waals surface area contributed by atoms with Crippen LogP contribution in [-0.4, -0.2) is 12.8 Å². The van der Waals surface area contributed by atoms with E-state index in [1.54, 1.807) is 7.11 Å². The molecule has 1 aliphatic rings. The molecule has 2 aromatic rings. The fraction of sp³-hybridized carbons (Fsp3) is 0.316. The molecule has 0 radical (unpaired) electrons. The average Bonchev–Trinajstić information content (AvgIpc) is 2.55. The van der Waals surface area contributed by atoms with E-state index < -0.39 is 0 Å². The van der Waals surface area contributed by atoms with Crippen molar-refractivity contribution in [3.63, 3.8) is 0 Å². The van der Waals surface area contributed by atoms with Crippen LogP contribution in [0, 0.1) is 6.92 Å². The normalized spacial score (nSPS) is 18.2. The number of methoxy groups -OCH3 is 1. The number of hydrogen-bond acceptors (Lipinski definition) is 2. The van der Waals surface area contributed by atoms with E-state index in [0.29, 0.717) is 0 Å². The summed E-state index contributed by atoms with van der Waals surface area (Å²) >= 11 is 0. The fourth-order valence-electron chi connectivity index (χ4n) is 2.95. The van der Waals surface area contributed by atoms with Crippen LogP contribution in [0.3, 0.4) is 0 Å². The third-order valence-corrected chi connectivity index (χ3v) is 4.16. The van der Waals surface area contributed by atoms with Gasteiger partial charge in [-0.15, -0.1) is 0 Å². The summed E-state index contributed by atoms with van der Waals surface area (Å²) in [5.41, 5.74) is 5.14. The van der Waals surface area contributed by atoms with Gasteiger partial charge in [-0.2, -0.15) is 0 Å². The first-order valence-corrected chi connectivity index (χ1v) is 7.54. The number of rotatable bonds is 3. The second-order valence-electron chi connectivity index (χ2n) is 5.57. The minimum absolute atomic E-state index is 0.277. The summed E-state index contributed by atoms with van der Waals surface area (Å²) < 4.78 is 5.23. The van der Waals surface area contributed by atoms with E-state index in [2.05, 4.69) is 43.3 Å². The zero-order valence-corrected chi connectivity index (χ0v) is 12.7. The van der Waals surface area contributed by atoms with E-state index >= 15 is 0 Å². The number of aliphatic imine (C=N–C) groups is 1. The molecule has 0 N–H and O–H groups in total. The average molecular weight is 279 g/mol. The van der Waals surface area contributed by atoms with Gasteiger partial charge in [0.15, 0.2) is 0 Å². The molecule has 1 atom stereocenters. The molecule has 0 saturated heterocycles. The molecular weight excluding hydrogens is 258 g/mol. The first-order valence-electron chi connectivity index (χ1n) is 7.54. The predicted octanol–water partition coefficient (Wildman–Crippen LogP) is 4.72. The zero-order valence-electron chi connectivity index (χ0n) is 12.7. The van der Waals surface area contributed by atoms with Crippen molar-refractivity contribution in [3.05, 3.63) is 65.2 Å². The molecule has 0 fully saturated rings. The van der Waals surface area contributed by atoms with E-state index in [4.69, 9.17) is 9.73 Å². The number of ether oxygens (including phenoxy) is 1. The van der Waals surface area contributed by atoms with Gasteiger partial charge in [0.1, 0.15) is 5.75 Å². The van der Waals surface area contributed by atoms with Crippen LogP contribution >= 0.6 is 0 Å². The summed E-state index contributed by atoms with van der Waals surface area (Å²) in [5.74, 6) is 0.901. The first-order chi connectivity index (χ1) is 10.3. The van der Waals surface area contributed by atoms with E-state index in [9.17, 15) is 0 Å². The second-order valence-corrected chi connectivity index (χ2v) is 5.57. The Kier molecular flexibility index (Phi) is 4.05. The SMILES string of the molecule is COc1ccc(C2CCCC(c3ccccc3C)=N2)cc1. The van der Waals surface area contributed by atoms with Gasteiger partial charge < -0.3 is 4.74 Å². The number of hydrogen-bond donors (Lipinski definition) is 0. The van der Waals surface area contributed by atoms with Gasteiger partial charge in [0, 0.05) is 5.71 Å². The molecule has 1 heterocycles. The minimum Gasteiger partial charge on any atom is -0.497 e. The molecule has 0 saturated carbocycles. The number of aryl methyl sites for hydroxylation is 1. The van der Waals surface area contributed by atoms with Gasteiger partial charge in [-0.25, -0.2) is 0 Å². The summed E-state index contributed by atoms with van der Waals surface area (Å²) in [5, 5.41) is 0. The Bertz CT molecular complexity index is 643. The van der Waals surface area contributed by atoms with Crippen LogP contribution < -0.4 is 4.74 Å². The largest absolute Gasteiger partial charge is 0.497 e. The van der Waals surface area contributed by atoms with Crippen LogP contribution in [0.25, 0.3) is 0 Å². The Balaban J connectivity index is 1.90. The molecule has 0 amide bonds. The zero-order chi connectivity index (χ0) is 14.7. The molecular formula is C19H21NO. The van der Waals surface area contributed by atoms with Gasteiger partial charge in [-0.1, -0.05) is 36.4 Å². The van der Waals surface area contributed by atoms with Crippen LogP contribution in [0.5, 0.6) is 5.75 Å². The summed E-state index contributed by atoms with van der Waals surface area (Å²) in [6.45, 7) is 2.16. The minimum atomic E-state index is 0.277. The van der Waals surface area contributed by atoms with E-state index in [1.807, 2.05) is 12.1 Å². The second kappa shape index (κ2) is 6.13. The van der Waals surface area contributed by atoms with Crippen molar-refractivity contribution < 1.29 is 4.74 Å². The summed E-state index contributed by atoms with van der Waals surface area (Å²) in [7, 11) is 1.70. The quantitative estimate of drug-likeness (QED) is 0.796. The van der Waals surface area contributed by atoms with Crippen molar-refractivity contribution in [1.82, 2.24) is 0 Å².